The molecule has 0 aromatic heterocycles. The highest BCUT2D eigenvalue weighted by Gasteiger charge is 2.30. The number of nitrogens with zero attached hydrogens (tertiary/aromatic N) is 3. The van der Waals surface area contributed by atoms with Crippen LogP contribution in [0, 0.1) is 10.1 Å². The lowest BCUT2D eigenvalue weighted by Crippen LogP contribution is -2.42. The van der Waals surface area contributed by atoms with Crippen LogP contribution in [-0.4, -0.2) is 70.0 Å². The largest absolute Gasteiger partial charge is 0.354 e. The first-order valence-electron chi connectivity index (χ1n) is 12.6. The van der Waals surface area contributed by atoms with Gasteiger partial charge in [0.15, 0.2) is 0 Å². The molecule has 214 valence electrons. The summed E-state index contributed by atoms with van der Waals surface area (Å²) >= 11 is 0. The lowest BCUT2D eigenvalue weighted by atomic mass is 9.99. The first-order valence-corrected chi connectivity index (χ1v) is 14.4. The summed E-state index contributed by atoms with van der Waals surface area (Å²) in [5.74, 6) is -0.859. The molecule has 0 fully saturated rings. The molecule has 12 nitrogen and oxygen atoms in total. The van der Waals surface area contributed by atoms with Gasteiger partial charge in [0.1, 0.15) is 6.54 Å². The molecule has 41 heavy (non-hydrogen) atoms. The maximum Gasteiger partial charge on any atom is 0.270 e. The van der Waals surface area contributed by atoms with Crippen molar-refractivity contribution in [2.75, 3.05) is 54.9 Å². The van der Waals surface area contributed by atoms with E-state index in [1.807, 2.05) is 25.1 Å². The van der Waals surface area contributed by atoms with Gasteiger partial charge in [0.05, 0.1) is 28.1 Å². The zero-order valence-corrected chi connectivity index (χ0v) is 23.6. The van der Waals surface area contributed by atoms with Gasteiger partial charge >= 0.3 is 0 Å². The molecule has 4 rings (SSSR count). The van der Waals surface area contributed by atoms with Gasteiger partial charge in [-0.25, -0.2) is 8.42 Å². The fraction of sp³-hybridized carbons (Fsp3) is 0.214. The van der Waals surface area contributed by atoms with Gasteiger partial charge in [-0.1, -0.05) is 30.3 Å². The number of benzene rings is 3. The van der Waals surface area contributed by atoms with Crippen molar-refractivity contribution >= 4 is 55.9 Å². The number of anilines is 3. The van der Waals surface area contributed by atoms with Crippen molar-refractivity contribution in [3.8, 4) is 0 Å². The monoisotopic (exact) mass is 578 g/mol. The van der Waals surface area contributed by atoms with Crippen molar-refractivity contribution < 1.29 is 22.9 Å². The number of nitrogens with one attached hydrogen (secondary N) is 3. The second-order valence-electron chi connectivity index (χ2n) is 9.65. The quantitative estimate of drug-likeness (QED) is 0.178. The van der Waals surface area contributed by atoms with Crippen molar-refractivity contribution in [1.82, 2.24) is 10.2 Å². The maximum atomic E-state index is 13.1. The summed E-state index contributed by atoms with van der Waals surface area (Å²) in [4.78, 5) is 38.3. The van der Waals surface area contributed by atoms with Crippen molar-refractivity contribution in [2.24, 2.45) is 0 Å². The van der Waals surface area contributed by atoms with E-state index >= 15 is 0 Å². The Morgan fingerprint density at radius 2 is 1.71 bits per heavy atom. The summed E-state index contributed by atoms with van der Waals surface area (Å²) in [5.41, 5.74) is 2.80. The number of fused-ring (bicyclic) bond motifs is 1. The summed E-state index contributed by atoms with van der Waals surface area (Å²) in [6, 6.07) is 19.6. The molecular formula is C28H30N6O6S. The Hall–Kier alpha value is -4.75. The molecule has 0 unspecified atom stereocenters. The number of nitro benzene ring substituents is 1. The molecule has 0 aliphatic carbocycles. The summed E-state index contributed by atoms with van der Waals surface area (Å²) in [6.45, 7) is 0.608. The number of sulfonamides is 1. The Morgan fingerprint density at radius 3 is 2.32 bits per heavy atom. The average molecular weight is 579 g/mol. The number of nitro groups is 1. The van der Waals surface area contributed by atoms with Crippen LogP contribution in [0.3, 0.4) is 0 Å². The van der Waals surface area contributed by atoms with Crippen LogP contribution in [0.25, 0.3) is 11.3 Å². The molecule has 0 spiro atoms. The van der Waals surface area contributed by atoms with Gasteiger partial charge in [-0.3, -0.25) is 24.0 Å². The van der Waals surface area contributed by atoms with Crippen LogP contribution in [-0.2, 0) is 19.6 Å². The molecule has 3 N–H and O–H groups in total. The number of hydrogen-bond acceptors (Lipinski definition) is 8. The van der Waals surface area contributed by atoms with Crippen LogP contribution in [0.2, 0.25) is 0 Å². The number of amides is 2. The zero-order chi connectivity index (χ0) is 29.7. The van der Waals surface area contributed by atoms with E-state index in [2.05, 4.69) is 16.0 Å². The molecule has 1 aliphatic rings. The normalized spacial score (nSPS) is 13.8. The Morgan fingerprint density at radius 1 is 1.02 bits per heavy atom. The molecule has 0 atom stereocenters. The first-order chi connectivity index (χ1) is 19.4. The van der Waals surface area contributed by atoms with Crippen molar-refractivity contribution in [3.05, 3.63) is 94.0 Å². The SMILES string of the molecule is CN(C)CCNC(=O)CN(c1ccc(NC(=C2C(=O)Nc3ccc([N+](=O)[O-])cc32)c2ccccc2)cc1)S(C)(=O)=O. The lowest BCUT2D eigenvalue weighted by molar-refractivity contribution is -0.384. The average Bonchev–Trinajstić information content (AvgIpc) is 3.25. The Balaban J connectivity index is 1.67. The smallest absolute Gasteiger partial charge is 0.270 e. The zero-order valence-electron chi connectivity index (χ0n) is 22.7. The van der Waals surface area contributed by atoms with E-state index in [0.29, 0.717) is 41.3 Å². The van der Waals surface area contributed by atoms with Gasteiger partial charge in [-0.2, -0.15) is 0 Å². The summed E-state index contributed by atoms with van der Waals surface area (Å²) in [5, 5.41) is 20.1. The number of carbonyl (C=O) groups excluding carboxylic acids is 2. The van der Waals surface area contributed by atoms with Gasteiger partial charge < -0.3 is 20.9 Å². The topological polar surface area (TPSA) is 154 Å². The van der Waals surface area contributed by atoms with Gasteiger partial charge in [0.25, 0.3) is 11.6 Å². The molecule has 3 aromatic rings. The van der Waals surface area contributed by atoms with Crippen LogP contribution in [0.1, 0.15) is 11.1 Å². The number of rotatable bonds is 11. The van der Waals surface area contributed by atoms with Crippen LogP contribution < -0.4 is 20.3 Å². The number of carbonyl (C=O) groups is 2. The van der Waals surface area contributed by atoms with Crippen LogP contribution >= 0.6 is 0 Å². The number of non-ortho nitro benzene ring substituents is 1. The van der Waals surface area contributed by atoms with E-state index < -0.39 is 26.8 Å². The molecule has 2 amide bonds. The minimum Gasteiger partial charge on any atom is -0.354 e. The third kappa shape index (κ3) is 7.07. The minimum atomic E-state index is -3.77. The molecule has 1 heterocycles. The second-order valence-corrected chi connectivity index (χ2v) is 11.6. The molecule has 0 radical (unpaired) electrons. The van der Waals surface area contributed by atoms with Gasteiger partial charge in [0, 0.05) is 42.2 Å². The van der Waals surface area contributed by atoms with Crippen molar-refractivity contribution in [1.29, 1.82) is 0 Å². The fourth-order valence-corrected chi connectivity index (χ4v) is 5.12. The highest BCUT2D eigenvalue weighted by molar-refractivity contribution is 7.92. The van der Waals surface area contributed by atoms with E-state index in [1.165, 1.54) is 18.2 Å². The Bertz CT molecular complexity index is 1600. The minimum absolute atomic E-state index is 0.152. The summed E-state index contributed by atoms with van der Waals surface area (Å²) in [7, 11) is -0.0409. The number of likely N-dealkylation sites (N-methyl/N-ethyl adjacent to an activating group) is 1. The Labute approximate surface area is 237 Å². The van der Waals surface area contributed by atoms with Crippen molar-refractivity contribution in [2.45, 2.75) is 0 Å². The molecule has 3 aromatic carbocycles. The van der Waals surface area contributed by atoms with Crippen LogP contribution in [0.5, 0.6) is 0 Å². The maximum absolute atomic E-state index is 13.1. The Kier molecular flexibility index (Phi) is 8.69. The third-order valence-electron chi connectivity index (χ3n) is 6.26. The molecule has 1 aliphatic heterocycles. The molecule has 0 saturated carbocycles. The van der Waals surface area contributed by atoms with E-state index in [-0.39, 0.29) is 23.5 Å². The third-order valence-corrected chi connectivity index (χ3v) is 7.40. The molecule has 0 saturated heterocycles. The molecular weight excluding hydrogens is 548 g/mol. The van der Waals surface area contributed by atoms with Gasteiger partial charge in [-0.15, -0.1) is 0 Å². The molecule has 13 heteroatoms. The predicted molar refractivity (Wildman–Crippen MR) is 159 cm³/mol. The highest BCUT2D eigenvalue weighted by atomic mass is 32.2. The van der Waals surface area contributed by atoms with Crippen LogP contribution in [0.15, 0.2) is 72.8 Å². The van der Waals surface area contributed by atoms with E-state index in [1.54, 1.807) is 48.5 Å². The van der Waals surface area contributed by atoms with Crippen molar-refractivity contribution in [3.63, 3.8) is 0 Å². The standard InChI is InChI=1S/C28H30N6O6S/c1-32(2)16-15-29-25(35)18-33(41(3,39)40)21-11-9-20(10-12-21)30-27(19-7-5-4-6-8-19)26-23-17-22(34(37)38)13-14-24(23)31-28(26)36/h4-14,17,30H,15-16,18H2,1-3H3,(H,29,35)(H,31,36). The lowest BCUT2D eigenvalue weighted by Gasteiger charge is -2.23. The number of hydrogen-bond donors (Lipinski definition) is 3. The van der Waals surface area contributed by atoms with Crippen LogP contribution in [0.4, 0.5) is 22.7 Å². The predicted octanol–water partition coefficient (Wildman–Crippen LogP) is 2.97. The highest BCUT2D eigenvalue weighted by Crippen LogP contribution is 2.39. The summed E-state index contributed by atoms with van der Waals surface area (Å²) in [6.07, 6.45) is 1.03. The van der Waals surface area contributed by atoms with E-state index in [0.717, 1.165) is 10.6 Å². The van der Waals surface area contributed by atoms with Gasteiger partial charge in [0.2, 0.25) is 15.9 Å². The van der Waals surface area contributed by atoms with E-state index in [9.17, 15) is 28.1 Å². The van der Waals surface area contributed by atoms with Gasteiger partial charge in [-0.05, 0) is 50.0 Å². The molecule has 0 bridgehead atoms. The second kappa shape index (κ2) is 12.2. The first kappa shape index (κ1) is 29.2. The summed E-state index contributed by atoms with van der Waals surface area (Å²) < 4.78 is 26.1. The fourth-order valence-electron chi connectivity index (χ4n) is 4.26. The van der Waals surface area contributed by atoms with E-state index in [4.69, 9.17) is 0 Å².